The average Bonchev–Trinajstić information content (AvgIpc) is 2.95. The van der Waals surface area contributed by atoms with Crippen LogP contribution in [0.5, 0.6) is 0 Å². The lowest BCUT2D eigenvalue weighted by molar-refractivity contribution is -0.132. The van der Waals surface area contributed by atoms with Gasteiger partial charge < -0.3 is 10.6 Å². The van der Waals surface area contributed by atoms with Gasteiger partial charge in [-0.1, -0.05) is 19.3 Å². The summed E-state index contributed by atoms with van der Waals surface area (Å²) in [7, 11) is 0. The number of imide groups is 1. The van der Waals surface area contributed by atoms with Crippen molar-refractivity contribution in [1.29, 1.82) is 0 Å². The first-order valence-corrected chi connectivity index (χ1v) is 7.06. The van der Waals surface area contributed by atoms with Crippen LogP contribution in [-0.4, -0.2) is 42.0 Å². The number of urea groups is 1. The predicted molar refractivity (Wildman–Crippen MR) is 67.0 cm³/mol. The molecule has 1 atom stereocenters. The van der Waals surface area contributed by atoms with Gasteiger partial charge in [0.15, 0.2) is 0 Å². The van der Waals surface area contributed by atoms with Crippen molar-refractivity contribution in [2.45, 2.75) is 44.1 Å². The summed E-state index contributed by atoms with van der Waals surface area (Å²) in [5, 5.41) is 6.24. The van der Waals surface area contributed by atoms with Crippen LogP contribution in [0.4, 0.5) is 4.79 Å². The second-order valence-corrected chi connectivity index (χ2v) is 5.85. The van der Waals surface area contributed by atoms with Crippen LogP contribution in [0.25, 0.3) is 0 Å². The molecular weight excluding hydrogens is 230 g/mol. The van der Waals surface area contributed by atoms with Gasteiger partial charge in [0.2, 0.25) is 0 Å². The molecular formula is C13H21N3O2. The first kappa shape index (κ1) is 12.0. The highest BCUT2D eigenvalue weighted by Gasteiger charge is 2.51. The molecule has 1 saturated carbocycles. The number of carbonyl (C=O) groups is 2. The van der Waals surface area contributed by atoms with Crippen molar-refractivity contribution >= 4 is 11.9 Å². The van der Waals surface area contributed by atoms with E-state index in [1.165, 1.54) is 11.3 Å². The molecule has 1 aliphatic carbocycles. The molecule has 3 fully saturated rings. The molecule has 2 saturated heterocycles. The van der Waals surface area contributed by atoms with Gasteiger partial charge >= 0.3 is 6.03 Å². The van der Waals surface area contributed by atoms with E-state index in [0.29, 0.717) is 12.5 Å². The largest absolute Gasteiger partial charge is 0.325 e. The van der Waals surface area contributed by atoms with Gasteiger partial charge in [-0.05, 0) is 38.3 Å². The zero-order valence-corrected chi connectivity index (χ0v) is 10.7. The number of nitrogens with one attached hydrogen (secondary N) is 2. The number of carbonyl (C=O) groups excluding carboxylic acids is 2. The van der Waals surface area contributed by atoms with Crippen molar-refractivity contribution in [3.63, 3.8) is 0 Å². The van der Waals surface area contributed by atoms with Crippen LogP contribution in [0.2, 0.25) is 0 Å². The van der Waals surface area contributed by atoms with E-state index in [2.05, 4.69) is 10.6 Å². The molecule has 2 N–H and O–H groups in total. The van der Waals surface area contributed by atoms with Crippen LogP contribution >= 0.6 is 0 Å². The van der Waals surface area contributed by atoms with Gasteiger partial charge in [0, 0.05) is 6.54 Å². The summed E-state index contributed by atoms with van der Waals surface area (Å²) in [6.45, 7) is 2.50. The Labute approximate surface area is 107 Å². The zero-order valence-electron chi connectivity index (χ0n) is 10.7. The third kappa shape index (κ3) is 1.90. The molecule has 100 valence electrons. The first-order valence-electron chi connectivity index (χ1n) is 7.06. The molecule has 0 aromatic rings. The lowest BCUT2D eigenvalue weighted by Gasteiger charge is -2.30. The van der Waals surface area contributed by atoms with Crippen LogP contribution in [-0.2, 0) is 4.79 Å². The van der Waals surface area contributed by atoms with Crippen LogP contribution in [0, 0.1) is 5.92 Å². The van der Waals surface area contributed by atoms with E-state index in [4.69, 9.17) is 0 Å². The quantitative estimate of drug-likeness (QED) is 0.715. The lowest BCUT2D eigenvalue weighted by atomic mass is 9.81. The highest BCUT2D eigenvalue weighted by Crippen LogP contribution is 2.34. The van der Waals surface area contributed by atoms with Gasteiger partial charge in [0.05, 0.1) is 0 Å². The molecule has 2 heterocycles. The van der Waals surface area contributed by atoms with E-state index < -0.39 is 5.54 Å². The Morgan fingerprint density at radius 3 is 2.67 bits per heavy atom. The molecule has 0 aromatic heterocycles. The van der Waals surface area contributed by atoms with Gasteiger partial charge in [-0.2, -0.15) is 0 Å². The molecule has 2 aliphatic heterocycles. The minimum Gasteiger partial charge on any atom is -0.323 e. The molecule has 5 heteroatoms. The van der Waals surface area contributed by atoms with E-state index in [1.54, 1.807) is 0 Å². The Hall–Kier alpha value is -1.10. The van der Waals surface area contributed by atoms with Gasteiger partial charge in [-0.25, -0.2) is 4.79 Å². The summed E-state index contributed by atoms with van der Waals surface area (Å²) in [5.41, 5.74) is -0.554. The average molecular weight is 251 g/mol. The molecule has 0 radical (unpaired) electrons. The van der Waals surface area contributed by atoms with E-state index in [-0.39, 0.29) is 11.9 Å². The highest BCUT2D eigenvalue weighted by atomic mass is 16.2. The monoisotopic (exact) mass is 251 g/mol. The zero-order chi connectivity index (χ0) is 12.6. The van der Waals surface area contributed by atoms with Gasteiger partial charge in [-0.15, -0.1) is 0 Å². The summed E-state index contributed by atoms with van der Waals surface area (Å²) >= 11 is 0. The fourth-order valence-electron chi connectivity index (χ4n) is 3.46. The maximum atomic E-state index is 12.5. The molecule has 18 heavy (non-hydrogen) atoms. The Kier molecular flexibility index (Phi) is 3.01. The summed E-state index contributed by atoms with van der Waals surface area (Å²) in [6, 6.07) is -0.172. The predicted octanol–water partition coefficient (Wildman–Crippen LogP) is 0.851. The van der Waals surface area contributed by atoms with Crippen molar-refractivity contribution in [2.24, 2.45) is 5.92 Å². The van der Waals surface area contributed by atoms with Crippen LogP contribution in [0.1, 0.15) is 38.5 Å². The standard InChI is InChI=1S/C13H21N3O2/c17-11-13(5-2-1-3-6-13)15-12(18)16(11)9-10-4-7-14-8-10/h10,14H,1-9H2,(H,15,18). The van der Waals surface area contributed by atoms with Crippen molar-refractivity contribution in [2.75, 3.05) is 19.6 Å². The number of hydrogen-bond acceptors (Lipinski definition) is 3. The highest BCUT2D eigenvalue weighted by molar-refractivity contribution is 6.07. The fraction of sp³-hybridized carbons (Fsp3) is 0.846. The Morgan fingerprint density at radius 1 is 1.22 bits per heavy atom. The number of rotatable bonds is 2. The first-order chi connectivity index (χ1) is 8.71. The third-order valence-corrected chi connectivity index (χ3v) is 4.56. The van der Waals surface area contributed by atoms with Gasteiger partial charge in [-0.3, -0.25) is 9.69 Å². The maximum absolute atomic E-state index is 12.5. The van der Waals surface area contributed by atoms with Crippen LogP contribution in [0.3, 0.4) is 0 Å². The second-order valence-electron chi connectivity index (χ2n) is 5.85. The molecule has 0 bridgehead atoms. The van der Waals surface area contributed by atoms with Gasteiger partial charge in [0.25, 0.3) is 5.91 Å². The van der Waals surface area contributed by atoms with Crippen molar-refractivity contribution in [1.82, 2.24) is 15.5 Å². The fourth-order valence-corrected chi connectivity index (χ4v) is 3.46. The second kappa shape index (κ2) is 4.53. The SMILES string of the molecule is O=C1NC2(CCCCC2)C(=O)N1CC1CCNC1. The maximum Gasteiger partial charge on any atom is 0.325 e. The number of amides is 3. The third-order valence-electron chi connectivity index (χ3n) is 4.56. The minimum atomic E-state index is -0.554. The molecule has 1 unspecified atom stereocenters. The van der Waals surface area contributed by atoms with Crippen molar-refractivity contribution < 1.29 is 9.59 Å². The van der Waals surface area contributed by atoms with E-state index in [0.717, 1.165) is 45.2 Å². The topological polar surface area (TPSA) is 61.4 Å². The summed E-state index contributed by atoms with van der Waals surface area (Å²) in [5.74, 6) is 0.456. The molecule has 1 spiro atoms. The summed E-state index contributed by atoms with van der Waals surface area (Å²) in [6.07, 6.45) is 5.96. The van der Waals surface area contributed by atoms with Crippen LogP contribution < -0.4 is 10.6 Å². The van der Waals surface area contributed by atoms with Crippen molar-refractivity contribution in [3.8, 4) is 0 Å². The smallest absolute Gasteiger partial charge is 0.323 e. The number of nitrogens with zero attached hydrogens (tertiary/aromatic N) is 1. The molecule has 3 rings (SSSR count). The Bertz CT molecular complexity index is 357. The minimum absolute atomic E-state index is 0.0269. The summed E-state index contributed by atoms with van der Waals surface area (Å²) < 4.78 is 0. The van der Waals surface area contributed by atoms with E-state index >= 15 is 0 Å². The Balaban J connectivity index is 1.71. The normalized spacial score (nSPS) is 31.1. The lowest BCUT2D eigenvalue weighted by Crippen LogP contribution is -2.48. The van der Waals surface area contributed by atoms with E-state index in [9.17, 15) is 9.59 Å². The van der Waals surface area contributed by atoms with Crippen molar-refractivity contribution in [3.05, 3.63) is 0 Å². The number of hydrogen-bond donors (Lipinski definition) is 2. The van der Waals surface area contributed by atoms with Crippen LogP contribution in [0.15, 0.2) is 0 Å². The molecule has 3 amide bonds. The Morgan fingerprint density at radius 2 is 2.00 bits per heavy atom. The molecule has 0 aromatic carbocycles. The van der Waals surface area contributed by atoms with E-state index in [1.807, 2.05) is 0 Å². The molecule has 3 aliphatic rings. The molecule has 5 nitrogen and oxygen atoms in total. The summed E-state index contributed by atoms with van der Waals surface area (Å²) in [4.78, 5) is 26.0. The van der Waals surface area contributed by atoms with Gasteiger partial charge in [0.1, 0.15) is 5.54 Å².